The fourth-order valence-electron chi connectivity index (χ4n) is 6.87. The third-order valence-corrected chi connectivity index (χ3v) is 11.0. The van der Waals surface area contributed by atoms with Crippen LogP contribution in [0.25, 0.3) is 21.3 Å². The molecule has 1 aliphatic rings. The maximum atomic E-state index is 12.8. The maximum Gasteiger partial charge on any atom is 0.411 e. The second kappa shape index (κ2) is 19.9. The van der Waals surface area contributed by atoms with E-state index >= 15 is 0 Å². The fourth-order valence-corrected chi connectivity index (χ4v) is 7.72. The molecule has 1 fully saturated rings. The van der Waals surface area contributed by atoms with Crippen molar-refractivity contribution in [2.45, 2.75) is 57.6 Å². The molecule has 0 radical (unpaired) electrons. The number of benzene rings is 3. The summed E-state index contributed by atoms with van der Waals surface area (Å²) in [6, 6.07) is 26.3. The van der Waals surface area contributed by atoms with Crippen LogP contribution in [0.2, 0.25) is 0 Å². The normalized spacial score (nSPS) is 13.4. The number of aromatic nitrogens is 1. The van der Waals surface area contributed by atoms with Crippen molar-refractivity contribution in [3.05, 3.63) is 112 Å². The number of unbranched alkanes of at least 4 members (excludes halogenated alkanes) is 1. The van der Waals surface area contributed by atoms with Gasteiger partial charge in [0.05, 0.1) is 16.1 Å². The number of anilines is 2. The zero-order valence-electron chi connectivity index (χ0n) is 31.7. The minimum absolute atomic E-state index is 0.0550. The van der Waals surface area contributed by atoms with Crippen LogP contribution in [0.1, 0.15) is 49.7 Å². The second-order valence-corrected chi connectivity index (χ2v) is 15.1. The minimum atomic E-state index is -0.441. The van der Waals surface area contributed by atoms with E-state index in [0.29, 0.717) is 51.0 Å². The minimum Gasteiger partial charge on any atom is -0.506 e. The Bertz CT molecular complexity index is 2130. The first-order chi connectivity index (χ1) is 27.2. The number of hydrogen-bond acceptors (Lipinski definition) is 9. The first-order valence-corrected chi connectivity index (χ1v) is 20.1. The summed E-state index contributed by atoms with van der Waals surface area (Å²) in [7, 11) is 1.81. The molecule has 3 aromatic carbocycles. The summed E-state index contributed by atoms with van der Waals surface area (Å²) < 4.78 is 5.73. The molecule has 5 N–H and O–H groups in total. The first-order valence-electron chi connectivity index (χ1n) is 19.2. The van der Waals surface area contributed by atoms with E-state index in [1.807, 2.05) is 79.2 Å². The number of H-pyrrole nitrogens is 1. The van der Waals surface area contributed by atoms with Crippen LogP contribution in [-0.2, 0) is 27.3 Å². The summed E-state index contributed by atoms with van der Waals surface area (Å²) in [5, 5.41) is 22.2. The number of pyridine rings is 1. The van der Waals surface area contributed by atoms with E-state index in [1.54, 1.807) is 28.4 Å². The topological polar surface area (TPSA) is 156 Å². The van der Waals surface area contributed by atoms with Crippen molar-refractivity contribution in [2.24, 2.45) is 0 Å². The Kier molecular flexibility index (Phi) is 14.3. The van der Waals surface area contributed by atoms with Gasteiger partial charge in [0.15, 0.2) is 0 Å². The molecule has 0 saturated carbocycles. The van der Waals surface area contributed by atoms with Crippen LogP contribution in [0, 0.1) is 0 Å². The highest BCUT2D eigenvalue weighted by atomic mass is 32.1. The van der Waals surface area contributed by atoms with Gasteiger partial charge >= 0.3 is 6.09 Å². The van der Waals surface area contributed by atoms with E-state index in [9.17, 15) is 24.3 Å². The molecule has 0 spiro atoms. The van der Waals surface area contributed by atoms with Gasteiger partial charge in [0.25, 0.3) is 0 Å². The number of nitrogens with zero attached hydrogens (tertiary/aromatic N) is 2. The van der Waals surface area contributed by atoms with Crippen LogP contribution in [0.15, 0.2) is 95.1 Å². The molecule has 5 aromatic rings. The zero-order chi connectivity index (χ0) is 39.3. The predicted molar refractivity (Wildman–Crippen MR) is 222 cm³/mol. The van der Waals surface area contributed by atoms with Crippen LogP contribution < -0.4 is 21.5 Å². The number of rotatable bonds is 17. The van der Waals surface area contributed by atoms with Crippen molar-refractivity contribution in [1.82, 2.24) is 20.1 Å². The van der Waals surface area contributed by atoms with Gasteiger partial charge in [0.2, 0.25) is 17.4 Å². The Morgan fingerprint density at radius 1 is 0.929 bits per heavy atom. The highest BCUT2D eigenvalue weighted by molar-refractivity contribution is 7.14. The molecule has 3 amide bonds. The van der Waals surface area contributed by atoms with E-state index in [0.717, 1.165) is 77.1 Å². The number of amides is 3. The molecule has 6 rings (SSSR count). The first kappa shape index (κ1) is 40.2. The lowest BCUT2D eigenvalue weighted by molar-refractivity contribution is -0.130. The van der Waals surface area contributed by atoms with E-state index in [4.69, 9.17) is 4.74 Å². The SMILES string of the molecule is CN(CCCCC(=O)Nc1ccc(CNCCc2ccc(O)c3[nH]c(=O)ccc23)cc1)C(=O)CCN1CCC(OC(=O)Nc2ccsc2-c2ccccc2)CC1. The van der Waals surface area contributed by atoms with Gasteiger partial charge in [-0.15, -0.1) is 11.3 Å². The van der Waals surface area contributed by atoms with Crippen molar-refractivity contribution in [3.8, 4) is 16.2 Å². The van der Waals surface area contributed by atoms with Crippen molar-refractivity contribution < 1.29 is 24.2 Å². The quantitative estimate of drug-likeness (QED) is 0.0635. The number of carbonyl (C=O) groups excluding carboxylic acids is 3. The molecule has 0 aliphatic carbocycles. The highest BCUT2D eigenvalue weighted by Gasteiger charge is 2.24. The van der Waals surface area contributed by atoms with Crippen LogP contribution in [0.4, 0.5) is 16.2 Å². The molecule has 2 aromatic heterocycles. The van der Waals surface area contributed by atoms with E-state index < -0.39 is 6.09 Å². The second-order valence-electron chi connectivity index (χ2n) is 14.2. The largest absolute Gasteiger partial charge is 0.506 e. The lowest BCUT2D eigenvalue weighted by atomic mass is 10.0. The molecule has 0 unspecified atom stereocenters. The van der Waals surface area contributed by atoms with Gasteiger partial charge < -0.3 is 35.3 Å². The van der Waals surface area contributed by atoms with Crippen molar-refractivity contribution in [3.63, 3.8) is 0 Å². The summed E-state index contributed by atoms with van der Waals surface area (Å²) >= 11 is 1.58. The Hall–Kier alpha value is -5.50. The number of aromatic hydroxyl groups is 1. The van der Waals surface area contributed by atoms with Crippen LogP contribution >= 0.6 is 11.3 Å². The van der Waals surface area contributed by atoms with E-state index in [2.05, 4.69) is 25.8 Å². The number of likely N-dealkylation sites (tertiary alicyclic amines) is 1. The molecular formula is C43H50N6O6S. The Balaban J connectivity index is 0.801. The summed E-state index contributed by atoms with van der Waals surface area (Å²) in [5.41, 5.74) is 4.86. The number of aromatic amines is 1. The van der Waals surface area contributed by atoms with Crippen molar-refractivity contribution >= 4 is 51.5 Å². The molecule has 294 valence electrons. The molecule has 1 saturated heterocycles. The van der Waals surface area contributed by atoms with Gasteiger partial charge in [-0.25, -0.2) is 4.79 Å². The van der Waals surface area contributed by atoms with Crippen LogP contribution in [0.3, 0.4) is 0 Å². The average Bonchev–Trinajstić information content (AvgIpc) is 3.67. The van der Waals surface area contributed by atoms with Crippen molar-refractivity contribution in [1.29, 1.82) is 0 Å². The monoisotopic (exact) mass is 778 g/mol. The molecule has 0 atom stereocenters. The molecule has 3 heterocycles. The summed E-state index contributed by atoms with van der Waals surface area (Å²) in [4.78, 5) is 57.4. The number of phenolic OH excluding ortho intramolecular Hbond substituents is 1. The number of nitrogens with one attached hydrogen (secondary N) is 4. The third-order valence-electron chi connectivity index (χ3n) is 10.1. The lowest BCUT2D eigenvalue weighted by Crippen LogP contribution is -2.40. The molecule has 0 bridgehead atoms. The summed E-state index contributed by atoms with van der Waals surface area (Å²) in [6.07, 6.45) is 3.80. The van der Waals surface area contributed by atoms with Gasteiger partial charge in [0.1, 0.15) is 11.9 Å². The molecule has 1 aliphatic heterocycles. The number of fused-ring (bicyclic) bond motifs is 1. The van der Waals surface area contributed by atoms with Gasteiger partial charge in [-0.2, -0.15) is 0 Å². The number of hydrogen-bond donors (Lipinski definition) is 5. The summed E-state index contributed by atoms with van der Waals surface area (Å²) in [5.74, 6) is 0.0838. The standard InChI is InChI=1S/C43H50N6O6S/c1-48(40(53)21-27-49-25-19-34(20-26-49)55-43(54)46-36-22-28-56-42(36)32-7-3-2-4-8-32)24-6-5-9-38(51)45-33-13-10-30(11-14-33)29-44-23-18-31-12-16-37(50)41-35(31)15-17-39(52)47-41/h2-4,7-8,10-17,22,28,34,44,50H,5-6,9,18-21,23-27,29H2,1H3,(H,45,51)(H,46,54)(H,47,52). The van der Waals surface area contributed by atoms with Crippen LogP contribution in [-0.4, -0.2) is 83.7 Å². The predicted octanol–water partition coefficient (Wildman–Crippen LogP) is 6.96. The van der Waals surface area contributed by atoms with E-state index in [1.165, 1.54) is 6.07 Å². The fraction of sp³-hybridized carbons (Fsp3) is 0.349. The Morgan fingerprint density at radius 2 is 1.71 bits per heavy atom. The van der Waals surface area contributed by atoms with Gasteiger partial charge in [-0.3, -0.25) is 19.7 Å². The number of carbonyl (C=O) groups is 3. The Labute approximate surface area is 330 Å². The smallest absolute Gasteiger partial charge is 0.411 e. The zero-order valence-corrected chi connectivity index (χ0v) is 32.5. The van der Waals surface area contributed by atoms with Crippen molar-refractivity contribution in [2.75, 3.05) is 50.4 Å². The molecule has 12 nitrogen and oxygen atoms in total. The number of thiophene rings is 1. The summed E-state index contributed by atoms with van der Waals surface area (Å²) in [6.45, 7) is 4.16. The Morgan fingerprint density at radius 3 is 2.50 bits per heavy atom. The molecule has 13 heteroatoms. The molecular weight excluding hydrogens is 729 g/mol. The lowest BCUT2D eigenvalue weighted by Gasteiger charge is -2.31. The van der Waals surface area contributed by atoms with Gasteiger partial charge in [0, 0.05) is 69.8 Å². The average molecular weight is 779 g/mol. The third kappa shape index (κ3) is 11.5. The van der Waals surface area contributed by atoms with Gasteiger partial charge in [-0.1, -0.05) is 48.5 Å². The van der Waals surface area contributed by atoms with Gasteiger partial charge in [-0.05, 0) is 91.1 Å². The highest BCUT2D eigenvalue weighted by Crippen LogP contribution is 2.33. The number of ether oxygens (including phenoxy) is 1. The number of phenols is 1. The van der Waals surface area contributed by atoms with Crippen LogP contribution in [0.5, 0.6) is 5.75 Å². The molecule has 56 heavy (non-hydrogen) atoms. The van der Waals surface area contributed by atoms with E-state index in [-0.39, 0.29) is 29.2 Å². The number of piperidine rings is 1. The maximum absolute atomic E-state index is 12.8.